The molecule has 0 unspecified atom stereocenters. The SMILES string of the molecule is COc1ccc2c(-c3ccccc3)c(-c3ccccc3)[nH]c2c1. The lowest BCUT2D eigenvalue weighted by atomic mass is 9.98. The number of rotatable bonds is 3. The Hall–Kier alpha value is -3.00. The fourth-order valence-electron chi connectivity index (χ4n) is 3.03. The van der Waals surface area contributed by atoms with Crippen LogP contribution < -0.4 is 4.74 Å². The lowest BCUT2D eigenvalue weighted by Crippen LogP contribution is -1.82. The van der Waals surface area contributed by atoms with E-state index in [-0.39, 0.29) is 0 Å². The zero-order valence-electron chi connectivity index (χ0n) is 12.9. The number of nitrogens with one attached hydrogen (secondary N) is 1. The van der Waals surface area contributed by atoms with Crippen molar-refractivity contribution in [2.75, 3.05) is 7.11 Å². The van der Waals surface area contributed by atoms with E-state index in [0.717, 1.165) is 17.0 Å². The van der Waals surface area contributed by atoms with E-state index in [0.29, 0.717) is 0 Å². The minimum Gasteiger partial charge on any atom is -0.497 e. The van der Waals surface area contributed by atoms with Gasteiger partial charge in [0, 0.05) is 17.0 Å². The maximum absolute atomic E-state index is 5.36. The lowest BCUT2D eigenvalue weighted by Gasteiger charge is -2.05. The summed E-state index contributed by atoms with van der Waals surface area (Å²) in [6, 6.07) is 27.1. The Morgan fingerprint density at radius 3 is 2.04 bits per heavy atom. The van der Waals surface area contributed by atoms with Gasteiger partial charge < -0.3 is 9.72 Å². The molecule has 0 bridgehead atoms. The van der Waals surface area contributed by atoms with E-state index in [4.69, 9.17) is 4.74 Å². The first kappa shape index (κ1) is 13.6. The van der Waals surface area contributed by atoms with Gasteiger partial charge in [0.05, 0.1) is 18.3 Å². The molecular formula is C21H17NO. The number of methoxy groups -OCH3 is 1. The van der Waals surface area contributed by atoms with Crippen LogP contribution >= 0.6 is 0 Å². The molecule has 23 heavy (non-hydrogen) atoms. The van der Waals surface area contributed by atoms with Gasteiger partial charge >= 0.3 is 0 Å². The van der Waals surface area contributed by atoms with E-state index < -0.39 is 0 Å². The van der Waals surface area contributed by atoms with Gasteiger partial charge in [0.2, 0.25) is 0 Å². The van der Waals surface area contributed by atoms with Crippen molar-refractivity contribution >= 4 is 10.9 Å². The zero-order chi connectivity index (χ0) is 15.6. The summed E-state index contributed by atoms with van der Waals surface area (Å²) in [4.78, 5) is 3.57. The Bertz CT molecular complexity index is 940. The highest BCUT2D eigenvalue weighted by Crippen LogP contribution is 2.39. The Labute approximate surface area is 135 Å². The predicted octanol–water partition coefficient (Wildman–Crippen LogP) is 5.51. The standard InChI is InChI=1S/C21H17NO/c1-23-17-12-13-18-19(14-17)22-21(16-10-6-3-7-11-16)20(18)15-8-4-2-5-9-15/h2-14,22H,1H3. The highest BCUT2D eigenvalue weighted by molar-refractivity contribution is 6.04. The van der Waals surface area contributed by atoms with Gasteiger partial charge in [-0.05, 0) is 23.3 Å². The van der Waals surface area contributed by atoms with Crippen molar-refractivity contribution in [2.45, 2.75) is 0 Å². The van der Waals surface area contributed by atoms with Gasteiger partial charge in [-0.2, -0.15) is 0 Å². The number of fused-ring (bicyclic) bond motifs is 1. The summed E-state index contributed by atoms with van der Waals surface area (Å²) < 4.78 is 5.36. The van der Waals surface area contributed by atoms with Crippen LogP contribution in [-0.4, -0.2) is 12.1 Å². The third-order valence-corrected chi connectivity index (χ3v) is 4.13. The second-order valence-corrected chi connectivity index (χ2v) is 5.52. The van der Waals surface area contributed by atoms with Crippen LogP contribution in [-0.2, 0) is 0 Å². The maximum atomic E-state index is 5.36. The van der Waals surface area contributed by atoms with Crippen molar-refractivity contribution in [3.63, 3.8) is 0 Å². The number of H-pyrrole nitrogens is 1. The van der Waals surface area contributed by atoms with Crippen LogP contribution in [0.4, 0.5) is 0 Å². The molecule has 0 fully saturated rings. The smallest absolute Gasteiger partial charge is 0.120 e. The normalized spacial score (nSPS) is 10.8. The third kappa shape index (κ3) is 2.38. The van der Waals surface area contributed by atoms with Crippen molar-refractivity contribution in [2.24, 2.45) is 0 Å². The van der Waals surface area contributed by atoms with Crippen molar-refractivity contribution in [1.29, 1.82) is 0 Å². The molecule has 4 rings (SSSR count). The summed E-state index contributed by atoms with van der Waals surface area (Å²) in [6.45, 7) is 0. The fraction of sp³-hybridized carbons (Fsp3) is 0.0476. The molecule has 0 radical (unpaired) electrons. The molecule has 0 spiro atoms. The topological polar surface area (TPSA) is 25.0 Å². The summed E-state index contributed by atoms with van der Waals surface area (Å²) in [6.07, 6.45) is 0. The van der Waals surface area contributed by atoms with E-state index in [2.05, 4.69) is 59.6 Å². The van der Waals surface area contributed by atoms with Crippen LogP contribution in [0.3, 0.4) is 0 Å². The highest BCUT2D eigenvalue weighted by Gasteiger charge is 2.15. The Morgan fingerprint density at radius 1 is 0.739 bits per heavy atom. The molecule has 0 amide bonds. The summed E-state index contributed by atoms with van der Waals surface area (Å²) in [5.41, 5.74) is 5.85. The molecule has 1 aromatic heterocycles. The maximum Gasteiger partial charge on any atom is 0.120 e. The van der Waals surface area contributed by atoms with Crippen LogP contribution in [0.5, 0.6) is 5.75 Å². The quantitative estimate of drug-likeness (QED) is 0.530. The molecule has 0 aliphatic rings. The van der Waals surface area contributed by atoms with Gasteiger partial charge in [0.25, 0.3) is 0 Å². The summed E-state index contributed by atoms with van der Waals surface area (Å²) >= 11 is 0. The zero-order valence-corrected chi connectivity index (χ0v) is 12.9. The van der Waals surface area contributed by atoms with Crippen LogP contribution in [0, 0.1) is 0 Å². The van der Waals surface area contributed by atoms with E-state index >= 15 is 0 Å². The number of ether oxygens (including phenoxy) is 1. The molecule has 3 aromatic carbocycles. The van der Waals surface area contributed by atoms with Crippen molar-refractivity contribution in [1.82, 2.24) is 4.98 Å². The lowest BCUT2D eigenvalue weighted by molar-refractivity contribution is 0.415. The number of benzene rings is 3. The Balaban J connectivity index is 2.04. The molecule has 1 N–H and O–H groups in total. The van der Waals surface area contributed by atoms with Gasteiger partial charge in [-0.1, -0.05) is 60.7 Å². The molecule has 2 nitrogen and oxygen atoms in total. The number of hydrogen-bond donors (Lipinski definition) is 1. The van der Waals surface area contributed by atoms with E-state index in [9.17, 15) is 0 Å². The first-order chi connectivity index (χ1) is 11.4. The van der Waals surface area contributed by atoms with Gasteiger partial charge in [0.1, 0.15) is 5.75 Å². The summed E-state index contributed by atoms with van der Waals surface area (Å²) in [5, 5.41) is 1.20. The molecule has 0 aliphatic carbocycles. The van der Waals surface area contributed by atoms with Crippen LogP contribution in [0.15, 0.2) is 78.9 Å². The second-order valence-electron chi connectivity index (χ2n) is 5.52. The first-order valence-electron chi connectivity index (χ1n) is 7.67. The average molecular weight is 299 g/mol. The average Bonchev–Trinajstić information content (AvgIpc) is 3.01. The molecule has 0 aliphatic heterocycles. The van der Waals surface area contributed by atoms with E-state index in [1.165, 1.54) is 22.1 Å². The molecule has 1 heterocycles. The largest absolute Gasteiger partial charge is 0.497 e. The number of aromatic amines is 1. The Morgan fingerprint density at radius 2 is 1.39 bits per heavy atom. The summed E-state index contributed by atoms with van der Waals surface area (Å²) in [7, 11) is 1.69. The first-order valence-corrected chi connectivity index (χ1v) is 7.67. The minimum atomic E-state index is 0.859. The monoisotopic (exact) mass is 299 g/mol. The second kappa shape index (κ2) is 5.65. The van der Waals surface area contributed by atoms with Crippen LogP contribution in [0.1, 0.15) is 0 Å². The van der Waals surface area contributed by atoms with Gasteiger partial charge in [-0.25, -0.2) is 0 Å². The molecule has 4 aromatic rings. The van der Waals surface area contributed by atoms with Crippen molar-refractivity contribution in [3.05, 3.63) is 78.9 Å². The van der Waals surface area contributed by atoms with Gasteiger partial charge in [-0.15, -0.1) is 0 Å². The van der Waals surface area contributed by atoms with Crippen LogP contribution in [0.2, 0.25) is 0 Å². The molecule has 0 saturated heterocycles. The van der Waals surface area contributed by atoms with Crippen LogP contribution in [0.25, 0.3) is 33.3 Å². The summed E-state index contributed by atoms with van der Waals surface area (Å²) in [5.74, 6) is 0.859. The molecule has 0 atom stereocenters. The number of aromatic nitrogens is 1. The molecule has 0 saturated carbocycles. The molecule has 112 valence electrons. The minimum absolute atomic E-state index is 0.859. The van der Waals surface area contributed by atoms with E-state index in [1.54, 1.807) is 7.11 Å². The molecule has 2 heteroatoms. The fourth-order valence-corrected chi connectivity index (χ4v) is 3.03. The predicted molar refractivity (Wildman–Crippen MR) is 95.7 cm³/mol. The van der Waals surface area contributed by atoms with E-state index in [1.807, 2.05) is 24.3 Å². The highest BCUT2D eigenvalue weighted by atomic mass is 16.5. The molecular weight excluding hydrogens is 282 g/mol. The van der Waals surface area contributed by atoms with Gasteiger partial charge in [-0.3, -0.25) is 0 Å². The third-order valence-electron chi connectivity index (χ3n) is 4.13. The van der Waals surface area contributed by atoms with Crippen molar-refractivity contribution in [3.8, 4) is 28.1 Å². The van der Waals surface area contributed by atoms with Crippen molar-refractivity contribution < 1.29 is 4.74 Å². The van der Waals surface area contributed by atoms with Gasteiger partial charge in [0.15, 0.2) is 0 Å². The number of hydrogen-bond acceptors (Lipinski definition) is 1. The Kier molecular flexibility index (Phi) is 3.35.